The van der Waals surface area contributed by atoms with Crippen LogP contribution in [0.4, 0.5) is 0 Å². The SMILES string of the molecule is CCC(C)C(=O)CN1CCCN(C)CC1CC. The first kappa shape index (κ1) is 14.7. The number of hydrogen-bond acceptors (Lipinski definition) is 3. The number of nitrogens with zero attached hydrogens (tertiary/aromatic N) is 2. The molecule has 0 N–H and O–H groups in total. The van der Waals surface area contributed by atoms with E-state index in [1.165, 1.54) is 6.42 Å². The Morgan fingerprint density at radius 3 is 2.65 bits per heavy atom. The van der Waals surface area contributed by atoms with Crippen molar-refractivity contribution in [2.24, 2.45) is 5.92 Å². The van der Waals surface area contributed by atoms with Gasteiger partial charge in [0.1, 0.15) is 5.78 Å². The van der Waals surface area contributed by atoms with Gasteiger partial charge >= 0.3 is 0 Å². The fourth-order valence-corrected chi connectivity index (χ4v) is 2.47. The Balaban J connectivity index is 2.57. The topological polar surface area (TPSA) is 23.6 Å². The van der Waals surface area contributed by atoms with E-state index < -0.39 is 0 Å². The number of Topliss-reactive ketones (excluding diaryl/α,β-unsaturated/α-hetero) is 1. The minimum atomic E-state index is 0.216. The molecule has 1 saturated heterocycles. The van der Waals surface area contributed by atoms with Gasteiger partial charge in [0.05, 0.1) is 6.54 Å². The van der Waals surface area contributed by atoms with Crippen molar-refractivity contribution < 1.29 is 4.79 Å². The third kappa shape index (κ3) is 4.40. The Labute approximate surface area is 106 Å². The third-order valence-electron chi connectivity index (χ3n) is 4.02. The summed E-state index contributed by atoms with van der Waals surface area (Å²) in [6.07, 6.45) is 3.28. The van der Waals surface area contributed by atoms with Gasteiger partial charge in [-0.2, -0.15) is 0 Å². The Morgan fingerprint density at radius 1 is 1.35 bits per heavy atom. The summed E-state index contributed by atoms with van der Waals surface area (Å²) in [6.45, 7) is 10.4. The molecule has 0 saturated carbocycles. The van der Waals surface area contributed by atoms with Crippen molar-refractivity contribution in [2.75, 3.05) is 33.2 Å². The van der Waals surface area contributed by atoms with Gasteiger partial charge < -0.3 is 4.90 Å². The smallest absolute Gasteiger partial charge is 0.149 e. The highest BCUT2D eigenvalue weighted by atomic mass is 16.1. The van der Waals surface area contributed by atoms with E-state index in [0.29, 0.717) is 18.4 Å². The Kier molecular flexibility index (Phi) is 6.14. The highest BCUT2D eigenvalue weighted by Gasteiger charge is 2.24. The van der Waals surface area contributed by atoms with Crippen molar-refractivity contribution >= 4 is 5.78 Å². The molecule has 0 aromatic rings. The van der Waals surface area contributed by atoms with E-state index in [9.17, 15) is 4.79 Å². The summed E-state index contributed by atoms with van der Waals surface area (Å²) in [5.41, 5.74) is 0. The van der Waals surface area contributed by atoms with Crippen LogP contribution in [-0.4, -0.2) is 54.9 Å². The Bertz CT molecular complexity index is 242. The first-order valence-electron chi connectivity index (χ1n) is 7.03. The van der Waals surface area contributed by atoms with Crippen LogP contribution in [0.15, 0.2) is 0 Å². The fraction of sp³-hybridized carbons (Fsp3) is 0.929. The molecular weight excluding hydrogens is 212 g/mol. The lowest BCUT2D eigenvalue weighted by molar-refractivity contribution is -0.124. The van der Waals surface area contributed by atoms with Crippen LogP contribution in [-0.2, 0) is 4.79 Å². The summed E-state index contributed by atoms with van der Waals surface area (Å²) in [5, 5.41) is 0. The molecule has 1 aliphatic heterocycles. The summed E-state index contributed by atoms with van der Waals surface area (Å²) >= 11 is 0. The molecule has 0 spiro atoms. The van der Waals surface area contributed by atoms with Crippen molar-refractivity contribution in [1.82, 2.24) is 9.80 Å². The zero-order chi connectivity index (χ0) is 12.8. The van der Waals surface area contributed by atoms with Crippen molar-refractivity contribution in [2.45, 2.75) is 46.1 Å². The standard InChI is InChI=1S/C14H28N2O/c1-5-12(3)14(17)11-16-9-7-8-15(4)10-13(16)6-2/h12-13H,5-11H2,1-4H3. The molecule has 2 atom stereocenters. The summed E-state index contributed by atoms with van der Waals surface area (Å²) in [7, 11) is 2.18. The highest BCUT2D eigenvalue weighted by Crippen LogP contribution is 2.13. The summed E-state index contributed by atoms with van der Waals surface area (Å²) in [4.78, 5) is 16.8. The molecule has 1 heterocycles. The average molecular weight is 240 g/mol. The van der Waals surface area contributed by atoms with Gasteiger partial charge in [-0.05, 0) is 32.9 Å². The predicted octanol–water partition coefficient (Wildman–Crippen LogP) is 2.02. The minimum absolute atomic E-state index is 0.216. The van der Waals surface area contributed by atoms with Gasteiger partial charge in [-0.15, -0.1) is 0 Å². The highest BCUT2D eigenvalue weighted by molar-refractivity contribution is 5.82. The second-order valence-electron chi connectivity index (χ2n) is 5.42. The summed E-state index contributed by atoms with van der Waals surface area (Å²) in [6, 6.07) is 0.551. The molecule has 1 rings (SSSR count). The molecule has 0 amide bonds. The van der Waals surface area contributed by atoms with E-state index in [2.05, 4.69) is 30.7 Å². The first-order chi connectivity index (χ1) is 8.08. The van der Waals surface area contributed by atoms with E-state index in [1.54, 1.807) is 0 Å². The molecule has 1 aliphatic rings. The molecule has 1 fully saturated rings. The van der Waals surface area contributed by atoms with Gasteiger partial charge in [0.2, 0.25) is 0 Å². The van der Waals surface area contributed by atoms with E-state index in [4.69, 9.17) is 0 Å². The maximum absolute atomic E-state index is 12.0. The van der Waals surface area contributed by atoms with Crippen molar-refractivity contribution in [3.8, 4) is 0 Å². The molecule has 0 bridgehead atoms. The number of ketones is 1. The van der Waals surface area contributed by atoms with Crippen LogP contribution in [0.25, 0.3) is 0 Å². The molecule has 0 aromatic carbocycles. The Morgan fingerprint density at radius 2 is 2.06 bits per heavy atom. The molecule has 0 radical (unpaired) electrons. The maximum Gasteiger partial charge on any atom is 0.149 e. The monoisotopic (exact) mass is 240 g/mol. The number of likely N-dealkylation sites (N-methyl/N-ethyl adjacent to an activating group) is 1. The molecule has 0 aliphatic carbocycles. The summed E-state index contributed by atoms with van der Waals surface area (Å²) < 4.78 is 0. The van der Waals surface area contributed by atoms with Crippen molar-refractivity contribution in [1.29, 1.82) is 0 Å². The van der Waals surface area contributed by atoms with E-state index in [-0.39, 0.29) is 5.92 Å². The number of hydrogen-bond donors (Lipinski definition) is 0. The first-order valence-corrected chi connectivity index (χ1v) is 7.03. The fourth-order valence-electron chi connectivity index (χ4n) is 2.47. The molecule has 17 heavy (non-hydrogen) atoms. The number of rotatable bonds is 5. The molecule has 0 aromatic heterocycles. The summed E-state index contributed by atoms with van der Waals surface area (Å²) in [5.74, 6) is 0.629. The van der Waals surface area contributed by atoms with Gasteiger partial charge in [-0.3, -0.25) is 9.69 Å². The van der Waals surface area contributed by atoms with Crippen LogP contribution in [0, 0.1) is 5.92 Å². The lowest BCUT2D eigenvalue weighted by Crippen LogP contribution is -2.43. The Hall–Kier alpha value is -0.410. The molecule has 3 heteroatoms. The molecule has 3 nitrogen and oxygen atoms in total. The largest absolute Gasteiger partial charge is 0.305 e. The predicted molar refractivity (Wildman–Crippen MR) is 72.2 cm³/mol. The average Bonchev–Trinajstić information content (AvgIpc) is 2.50. The zero-order valence-electron chi connectivity index (χ0n) is 11.9. The van der Waals surface area contributed by atoms with Crippen molar-refractivity contribution in [3.05, 3.63) is 0 Å². The molecule has 2 unspecified atom stereocenters. The normalized spacial score (nSPS) is 25.5. The van der Waals surface area contributed by atoms with E-state index >= 15 is 0 Å². The van der Waals surface area contributed by atoms with E-state index in [1.807, 2.05) is 6.92 Å². The number of carbonyl (C=O) groups is 1. The third-order valence-corrected chi connectivity index (χ3v) is 4.02. The van der Waals surface area contributed by atoms with Crippen LogP contribution in [0.5, 0.6) is 0 Å². The van der Waals surface area contributed by atoms with E-state index in [0.717, 1.165) is 32.5 Å². The lowest BCUT2D eigenvalue weighted by atomic mass is 10.0. The van der Waals surface area contributed by atoms with Gasteiger partial charge in [0.15, 0.2) is 0 Å². The van der Waals surface area contributed by atoms with Crippen LogP contribution in [0.3, 0.4) is 0 Å². The van der Waals surface area contributed by atoms with Gasteiger partial charge in [0, 0.05) is 25.0 Å². The van der Waals surface area contributed by atoms with Crippen LogP contribution in [0.1, 0.15) is 40.0 Å². The minimum Gasteiger partial charge on any atom is -0.305 e. The zero-order valence-corrected chi connectivity index (χ0v) is 11.9. The second kappa shape index (κ2) is 7.12. The van der Waals surface area contributed by atoms with Crippen molar-refractivity contribution in [3.63, 3.8) is 0 Å². The van der Waals surface area contributed by atoms with Gasteiger partial charge in [-0.1, -0.05) is 20.8 Å². The van der Waals surface area contributed by atoms with Crippen LogP contribution < -0.4 is 0 Å². The number of carbonyl (C=O) groups excluding carboxylic acids is 1. The maximum atomic E-state index is 12.0. The quantitative estimate of drug-likeness (QED) is 0.734. The molecule has 100 valence electrons. The van der Waals surface area contributed by atoms with Gasteiger partial charge in [0.25, 0.3) is 0 Å². The lowest BCUT2D eigenvalue weighted by Gasteiger charge is -2.30. The van der Waals surface area contributed by atoms with Crippen LogP contribution in [0.2, 0.25) is 0 Å². The van der Waals surface area contributed by atoms with Crippen LogP contribution >= 0.6 is 0 Å². The molecular formula is C14H28N2O. The second-order valence-corrected chi connectivity index (χ2v) is 5.42. The van der Waals surface area contributed by atoms with Gasteiger partial charge in [-0.25, -0.2) is 0 Å².